The fourth-order valence-corrected chi connectivity index (χ4v) is 2.24. The maximum atomic E-state index is 12.2. The summed E-state index contributed by atoms with van der Waals surface area (Å²) >= 11 is 5.89. The first-order valence-corrected chi connectivity index (χ1v) is 6.46. The summed E-state index contributed by atoms with van der Waals surface area (Å²) in [5.74, 6) is -0.277. The van der Waals surface area contributed by atoms with E-state index in [1.165, 1.54) is 7.11 Å². The molecule has 4 heteroatoms. The average Bonchev–Trinajstić information content (AvgIpc) is 2.35. The fraction of sp³-hybridized carbons (Fsp3) is 0.500. The smallest absolute Gasteiger partial charge is 0.330 e. The van der Waals surface area contributed by atoms with Crippen LogP contribution in [0.15, 0.2) is 24.3 Å². The molecule has 0 spiro atoms. The number of nitrogens with one attached hydrogen (secondary N) is 1. The Hall–Kier alpha value is -1.06. The quantitative estimate of drug-likeness (QED) is 0.835. The van der Waals surface area contributed by atoms with Gasteiger partial charge in [0, 0.05) is 11.1 Å². The van der Waals surface area contributed by atoms with Crippen LogP contribution in [0.3, 0.4) is 0 Å². The van der Waals surface area contributed by atoms with Crippen molar-refractivity contribution in [2.75, 3.05) is 7.11 Å². The molecule has 0 aliphatic heterocycles. The molecule has 0 heterocycles. The van der Waals surface area contributed by atoms with Gasteiger partial charge in [0.15, 0.2) is 0 Å². The van der Waals surface area contributed by atoms with E-state index in [1.807, 2.05) is 32.9 Å². The number of hydrogen-bond acceptors (Lipinski definition) is 3. The normalized spacial score (nSPS) is 14.3. The average molecular weight is 270 g/mol. The Balaban J connectivity index is 3.24. The van der Waals surface area contributed by atoms with Crippen molar-refractivity contribution in [2.24, 2.45) is 0 Å². The first-order chi connectivity index (χ1) is 8.46. The summed E-state index contributed by atoms with van der Waals surface area (Å²) in [6.45, 7) is 5.97. The highest BCUT2D eigenvalue weighted by molar-refractivity contribution is 6.30. The molecule has 0 radical (unpaired) electrons. The molecule has 1 atom stereocenters. The van der Waals surface area contributed by atoms with E-state index < -0.39 is 5.54 Å². The summed E-state index contributed by atoms with van der Waals surface area (Å²) in [6.07, 6.45) is 0.611. The van der Waals surface area contributed by atoms with Crippen LogP contribution >= 0.6 is 11.6 Å². The van der Waals surface area contributed by atoms with Gasteiger partial charge in [-0.25, -0.2) is 4.79 Å². The zero-order valence-electron chi connectivity index (χ0n) is 11.3. The van der Waals surface area contributed by atoms with Gasteiger partial charge in [-0.2, -0.15) is 0 Å². The molecular formula is C14H20ClNO2. The summed E-state index contributed by atoms with van der Waals surface area (Å²) in [4.78, 5) is 12.2. The highest BCUT2D eigenvalue weighted by Crippen LogP contribution is 2.28. The first kappa shape index (κ1) is 15.0. The van der Waals surface area contributed by atoms with Gasteiger partial charge in [-0.3, -0.25) is 5.32 Å². The minimum Gasteiger partial charge on any atom is -0.467 e. The number of esters is 1. The molecule has 3 nitrogen and oxygen atoms in total. The monoisotopic (exact) mass is 269 g/mol. The van der Waals surface area contributed by atoms with Gasteiger partial charge >= 0.3 is 5.97 Å². The number of rotatable bonds is 5. The van der Waals surface area contributed by atoms with Crippen LogP contribution in [0.1, 0.15) is 32.8 Å². The SMILES string of the molecule is CCC(NC(C)C)(C(=O)OC)c1ccc(Cl)cc1. The molecule has 0 amide bonds. The van der Waals surface area contributed by atoms with Crippen LogP contribution in [0.5, 0.6) is 0 Å². The van der Waals surface area contributed by atoms with E-state index in [0.717, 1.165) is 5.56 Å². The van der Waals surface area contributed by atoms with Crippen LogP contribution < -0.4 is 5.32 Å². The second-order valence-corrected chi connectivity index (χ2v) is 4.99. The van der Waals surface area contributed by atoms with Crippen molar-refractivity contribution in [1.82, 2.24) is 5.32 Å². The Morgan fingerprint density at radius 2 is 1.94 bits per heavy atom. The van der Waals surface area contributed by atoms with Crippen molar-refractivity contribution in [3.05, 3.63) is 34.9 Å². The Kier molecular flexibility index (Phi) is 5.17. The number of carbonyl (C=O) groups excluding carboxylic acids is 1. The van der Waals surface area contributed by atoms with Gasteiger partial charge in [0.05, 0.1) is 7.11 Å². The third kappa shape index (κ3) is 3.03. The standard InChI is InChI=1S/C14H20ClNO2/c1-5-14(13(17)18-4,16-10(2)3)11-6-8-12(15)9-7-11/h6-10,16H,5H2,1-4H3. The molecule has 1 unspecified atom stereocenters. The molecule has 0 aliphatic carbocycles. The summed E-state index contributed by atoms with van der Waals surface area (Å²) in [5, 5.41) is 3.96. The van der Waals surface area contributed by atoms with Gasteiger partial charge in [0.2, 0.25) is 0 Å². The fourth-order valence-electron chi connectivity index (χ4n) is 2.11. The molecule has 1 aromatic rings. The van der Waals surface area contributed by atoms with E-state index in [1.54, 1.807) is 12.1 Å². The molecule has 0 bridgehead atoms. The lowest BCUT2D eigenvalue weighted by Gasteiger charge is -2.33. The van der Waals surface area contributed by atoms with Crippen molar-refractivity contribution in [3.8, 4) is 0 Å². The van der Waals surface area contributed by atoms with Crippen LogP contribution in [0, 0.1) is 0 Å². The Labute approximate surface area is 113 Å². The van der Waals surface area contributed by atoms with E-state index in [4.69, 9.17) is 16.3 Å². The zero-order valence-corrected chi connectivity index (χ0v) is 12.0. The molecule has 1 N–H and O–H groups in total. The molecule has 1 aromatic carbocycles. The van der Waals surface area contributed by atoms with Gasteiger partial charge in [-0.1, -0.05) is 30.7 Å². The predicted molar refractivity (Wildman–Crippen MR) is 73.7 cm³/mol. The van der Waals surface area contributed by atoms with E-state index in [0.29, 0.717) is 11.4 Å². The third-order valence-corrected chi connectivity index (χ3v) is 3.19. The topological polar surface area (TPSA) is 38.3 Å². The lowest BCUT2D eigenvalue weighted by atomic mass is 9.86. The zero-order chi connectivity index (χ0) is 13.8. The number of methoxy groups -OCH3 is 1. The predicted octanol–water partition coefficient (Wildman–Crippen LogP) is 3.12. The molecule has 18 heavy (non-hydrogen) atoms. The molecule has 0 saturated heterocycles. The molecule has 0 aliphatic rings. The van der Waals surface area contributed by atoms with Gasteiger partial charge < -0.3 is 4.74 Å². The van der Waals surface area contributed by atoms with Crippen molar-refractivity contribution < 1.29 is 9.53 Å². The Morgan fingerprint density at radius 3 is 2.33 bits per heavy atom. The minimum absolute atomic E-state index is 0.166. The lowest BCUT2D eigenvalue weighted by Crippen LogP contribution is -2.52. The maximum absolute atomic E-state index is 12.2. The van der Waals surface area contributed by atoms with Gasteiger partial charge in [0.25, 0.3) is 0 Å². The highest BCUT2D eigenvalue weighted by atomic mass is 35.5. The number of ether oxygens (including phenoxy) is 1. The van der Waals surface area contributed by atoms with Crippen LogP contribution in [0.2, 0.25) is 5.02 Å². The Bertz CT molecular complexity index is 403. The summed E-state index contributed by atoms with van der Waals surface area (Å²) in [6, 6.07) is 7.45. The number of hydrogen-bond donors (Lipinski definition) is 1. The highest BCUT2D eigenvalue weighted by Gasteiger charge is 2.39. The van der Waals surface area contributed by atoms with E-state index in [9.17, 15) is 4.79 Å². The van der Waals surface area contributed by atoms with Gasteiger partial charge in [-0.15, -0.1) is 0 Å². The summed E-state index contributed by atoms with van der Waals surface area (Å²) in [7, 11) is 1.41. The summed E-state index contributed by atoms with van der Waals surface area (Å²) < 4.78 is 4.96. The minimum atomic E-state index is -0.812. The van der Waals surface area contributed by atoms with E-state index in [-0.39, 0.29) is 12.0 Å². The summed E-state index contributed by atoms with van der Waals surface area (Å²) in [5.41, 5.74) is 0.0583. The second kappa shape index (κ2) is 6.21. The molecule has 0 aromatic heterocycles. The number of carbonyl (C=O) groups is 1. The third-order valence-electron chi connectivity index (χ3n) is 2.94. The maximum Gasteiger partial charge on any atom is 0.330 e. The van der Waals surface area contributed by atoms with Crippen molar-refractivity contribution in [3.63, 3.8) is 0 Å². The van der Waals surface area contributed by atoms with Gasteiger partial charge in [0.1, 0.15) is 5.54 Å². The van der Waals surface area contributed by atoms with Crippen molar-refractivity contribution in [1.29, 1.82) is 0 Å². The van der Waals surface area contributed by atoms with E-state index in [2.05, 4.69) is 5.32 Å². The van der Waals surface area contributed by atoms with Crippen LogP contribution in [0.25, 0.3) is 0 Å². The molecule has 0 fully saturated rings. The number of halogens is 1. The second-order valence-electron chi connectivity index (χ2n) is 4.56. The molecule has 0 saturated carbocycles. The molecule has 1 rings (SSSR count). The number of benzene rings is 1. The van der Waals surface area contributed by atoms with Crippen molar-refractivity contribution >= 4 is 17.6 Å². The van der Waals surface area contributed by atoms with E-state index >= 15 is 0 Å². The van der Waals surface area contributed by atoms with Gasteiger partial charge in [-0.05, 0) is 38.0 Å². The Morgan fingerprint density at radius 1 is 1.39 bits per heavy atom. The largest absolute Gasteiger partial charge is 0.467 e. The molecular weight excluding hydrogens is 250 g/mol. The van der Waals surface area contributed by atoms with Crippen LogP contribution in [0.4, 0.5) is 0 Å². The van der Waals surface area contributed by atoms with Crippen LogP contribution in [-0.4, -0.2) is 19.1 Å². The molecule has 100 valence electrons. The van der Waals surface area contributed by atoms with Crippen molar-refractivity contribution in [2.45, 2.75) is 38.8 Å². The first-order valence-electron chi connectivity index (χ1n) is 6.08. The lowest BCUT2D eigenvalue weighted by molar-refractivity contribution is -0.149. The van der Waals surface area contributed by atoms with Crippen LogP contribution in [-0.2, 0) is 15.1 Å².